The summed E-state index contributed by atoms with van der Waals surface area (Å²) in [5.41, 5.74) is 2.05. The predicted octanol–water partition coefficient (Wildman–Crippen LogP) is 4.48. The molecule has 1 amide bonds. The Balaban J connectivity index is 1.51. The van der Waals surface area contributed by atoms with Crippen LogP contribution in [0.15, 0.2) is 48.2 Å². The summed E-state index contributed by atoms with van der Waals surface area (Å²) < 4.78 is 38.6. The van der Waals surface area contributed by atoms with Gasteiger partial charge in [-0.25, -0.2) is 4.98 Å². The third-order valence-corrected chi connectivity index (χ3v) is 5.75. The molecule has 0 atom stereocenters. The predicted molar refractivity (Wildman–Crippen MR) is 115 cm³/mol. The molecule has 1 aromatic heterocycles. The van der Waals surface area contributed by atoms with Gasteiger partial charge in [0.2, 0.25) is 0 Å². The van der Waals surface area contributed by atoms with Crippen LogP contribution >= 0.6 is 0 Å². The Kier molecular flexibility index (Phi) is 6.27. The maximum absolute atomic E-state index is 13.0. The van der Waals surface area contributed by atoms with E-state index in [0.717, 1.165) is 62.5 Å². The lowest BCUT2D eigenvalue weighted by atomic mass is 9.86. The van der Waals surface area contributed by atoms with E-state index in [4.69, 9.17) is 0 Å². The van der Waals surface area contributed by atoms with Crippen molar-refractivity contribution in [3.8, 4) is 0 Å². The molecule has 0 bridgehead atoms. The second kappa shape index (κ2) is 9.09. The van der Waals surface area contributed by atoms with E-state index in [-0.39, 0.29) is 5.91 Å². The summed E-state index contributed by atoms with van der Waals surface area (Å²) in [4.78, 5) is 19.6. The Hall–Kier alpha value is -2.87. The Morgan fingerprint density at radius 2 is 1.71 bits per heavy atom. The van der Waals surface area contributed by atoms with Gasteiger partial charge < -0.3 is 15.5 Å². The van der Waals surface area contributed by atoms with Crippen LogP contribution in [0.1, 0.15) is 36.8 Å². The van der Waals surface area contributed by atoms with Crippen molar-refractivity contribution in [3.05, 3.63) is 59.3 Å². The van der Waals surface area contributed by atoms with Crippen LogP contribution in [0.5, 0.6) is 0 Å². The molecule has 1 aliphatic carbocycles. The largest absolute Gasteiger partial charge is 0.416 e. The summed E-state index contributed by atoms with van der Waals surface area (Å²) in [5.74, 6) is 0.660. The number of pyridine rings is 1. The number of anilines is 2. The van der Waals surface area contributed by atoms with Gasteiger partial charge in [-0.3, -0.25) is 4.79 Å². The molecule has 164 valence electrons. The maximum Gasteiger partial charge on any atom is 0.416 e. The first-order valence-corrected chi connectivity index (χ1v) is 10.5. The van der Waals surface area contributed by atoms with Gasteiger partial charge in [0, 0.05) is 31.8 Å². The summed E-state index contributed by atoms with van der Waals surface area (Å²) in [5, 5.41) is 6.21. The molecule has 0 radical (unpaired) electrons. The summed E-state index contributed by atoms with van der Waals surface area (Å²) in [7, 11) is 0. The molecule has 2 heterocycles. The van der Waals surface area contributed by atoms with Crippen LogP contribution < -0.4 is 15.5 Å². The fourth-order valence-corrected chi connectivity index (χ4v) is 4.08. The van der Waals surface area contributed by atoms with E-state index in [1.165, 1.54) is 12.1 Å². The molecule has 4 rings (SSSR count). The van der Waals surface area contributed by atoms with Crippen molar-refractivity contribution in [2.24, 2.45) is 0 Å². The van der Waals surface area contributed by atoms with E-state index in [1.54, 1.807) is 6.20 Å². The van der Waals surface area contributed by atoms with Crippen LogP contribution in [-0.4, -0.2) is 37.1 Å². The Labute approximate surface area is 179 Å². The van der Waals surface area contributed by atoms with Crippen LogP contribution in [-0.2, 0) is 11.0 Å². The number of aromatic nitrogens is 1. The number of halogens is 3. The lowest BCUT2D eigenvalue weighted by molar-refractivity contribution is -0.137. The molecule has 2 N–H and O–H groups in total. The first kappa shape index (κ1) is 21.4. The van der Waals surface area contributed by atoms with Crippen LogP contribution in [0.2, 0.25) is 0 Å². The van der Waals surface area contributed by atoms with Gasteiger partial charge in [0.1, 0.15) is 5.82 Å². The van der Waals surface area contributed by atoms with Gasteiger partial charge in [0.05, 0.1) is 17.4 Å². The van der Waals surface area contributed by atoms with Crippen molar-refractivity contribution in [1.82, 2.24) is 10.3 Å². The zero-order valence-corrected chi connectivity index (χ0v) is 17.1. The number of rotatable bonds is 4. The monoisotopic (exact) mass is 430 g/mol. The number of nitrogens with zero attached hydrogens (tertiary/aromatic N) is 2. The summed E-state index contributed by atoms with van der Waals surface area (Å²) in [6, 6.07) is 8.80. The van der Waals surface area contributed by atoms with Crippen molar-refractivity contribution in [3.63, 3.8) is 0 Å². The lowest BCUT2D eigenvalue weighted by Gasteiger charge is -2.28. The second-order valence-electron chi connectivity index (χ2n) is 7.84. The summed E-state index contributed by atoms with van der Waals surface area (Å²) in [6.45, 7) is 3.62. The van der Waals surface area contributed by atoms with Crippen molar-refractivity contribution >= 4 is 23.0 Å². The van der Waals surface area contributed by atoms with E-state index in [2.05, 4.69) is 20.5 Å². The van der Waals surface area contributed by atoms with E-state index >= 15 is 0 Å². The van der Waals surface area contributed by atoms with Crippen LogP contribution in [0, 0.1) is 0 Å². The van der Waals surface area contributed by atoms with Crippen molar-refractivity contribution in [2.45, 2.75) is 31.9 Å². The zero-order valence-electron chi connectivity index (χ0n) is 17.1. The quantitative estimate of drug-likeness (QED) is 0.751. The average molecular weight is 430 g/mol. The number of amides is 1. The highest BCUT2D eigenvalue weighted by molar-refractivity contribution is 6.09. The third-order valence-electron chi connectivity index (χ3n) is 5.75. The number of alkyl halides is 3. The number of carbonyl (C=O) groups is 1. The van der Waals surface area contributed by atoms with E-state index in [9.17, 15) is 18.0 Å². The molecule has 0 saturated carbocycles. The highest BCUT2D eigenvalue weighted by Crippen LogP contribution is 2.35. The topological polar surface area (TPSA) is 57.3 Å². The highest BCUT2D eigenvalue weighted by atomic mass is 19.4. The molecule has 5 nitrogen and oxygen atoms in total. The maximum atomic E-state index is 13.0. The zero-order chi connectivity index (χ0) is 21.8. The minimum Gasteiger partial charge on any atom is -0.354 e. The number of benzene rings is 1. The highest BCUT2D eigenvalue weighted by Gasteiger charge is 2.30. The minimum absolute atomic E-state index is 0.216. The molecular weight excluding hydrogens is 405 g/mol. The molecule has 31 heavy (non-hydrogen) atoms. The van der Waals surface area contributed by atoms with E-state index in [1.807, 2.05) is 12.1 Å². The normalized spacial score (nSPS) is 17.6. The Morgan fingerprint density at radius 1 is 1.00 bits per heavy atom. The molecule has 1 fully saturated rings. The summed E-state index contributed by atoms with van der Waals surface area (Å²) >= 11 is 0. The molecule has 2 aliphatic rings. The Morgan fingerprint density at radius 3 is 2.35 bits per heavy atom. The number of nitrogens with one attached hydrogen (secondary N) is 2. The average Bonchev–Trinajstić information content (AvgIpc) is 2.80. The van der Waals surface area contributed by atoms with Crippen molar-refractivity contribution in [1.29, 1.82) is 0 Å². The smallest absolute Gasteiger partial charge is 0.354 e. The number of carbonyl (C=O) groups excluding carboxylic acids is 1. The summed E-state index contributed by atoms with van der Waals surface area (Å²) in [6.07, 6.45) is 0.351. The van der Waals surface area contributed by atoms with Gasteiger partial charge >= 0.3 is 6.18 Å². The third kappa shape index (κ3) is 5.07. The molecular formula is C23H25F3N4O. The first-order chi connectivity index (χ1) is 14.9. The van der Waals surface area contributed by atoms with Gasteiger partial charge in [-0.1, -0.05) is 12.1 Å². The van der Waals surface area contributed by atoms with Gasteiger partial charge in [0.15, 0.2) is 0 Å². The van der Waals surface area contributed by atoms with Gasteiger partial charge in [-0.05, 0) is 61.1 Å². The van der Waals surface area contributed by atoms with Crippen molar-refractivity contribution in [2.75, 3.05) is 36.4 Å². The first-order valence-electron chi connectivity index (χ1n) is 10.5. The Bertz CT molecular complexity index is 946. The molecule has 1 aromatic carbocycles. The van der Waals surface area contributed by atoms with Crippen LogP contribution in [0.3, 0.4) is 0 Å². The second-order valence-corrected chi connectivity index (χ2v) is 7.84. The number of hydrogen-bond donors (Lipinski definition) is 2. The minimum atomic E-state index is -4.37. The van der Waals surface area contributed by atoms with Gasteiger partial charge in [0.25, 0.3) is 5.91 Å². The molecule has 2 aromatic rings. The SMILES string of the molecule is O=C(Nc1ccc(N2CCNCC2)nc1)C1=C(c2ccc(C(F)(F)F)cc2)CCCC1. The molecule has 1 saturated heterocycles. The molecule has 0 unspecified atom stereocenters. The fraction of sp³-hybridized carbons (Fsp3) is 0.391. The van der Waals surface area contributed by atoms with E-state index < -0.39 is 11.7 Å². The van der Waals surface area contributed by atoms with Crippen molar-refractivity contribution < 1.29 is 18.0 Å². The molecule has 8 heteroatoms. The number of hydrogen-bond acceptors (Lipinski definition) is 4. The van der Waals surface area contributed by atoms with Crippen LogP contribution in [0.25, 0.3) is 5.57 Å². The fourth-order valence-electron chi connectivity index (χ4n) is 4.08. The van der Waals surface area contributed by atoms with Gasteiger partial charge in [-0.2, -0.15) is 13.2 Å². The number of allylic oxidation sites excluding steroid dienone is 1. The molecule has 0 spiro atoms. The van der Waals surface area contributed by atoms with E-state index in [0.29, 0.717) is 29.7 Å². The lowest BCUT2D eigenvalue weighted by Crippen LogP contribution is -2.43. The standard InChI is InChI=1S/C23H25F3N4O/c24-23(25,26)17-7-5-16(6-8-17)19-3-1-2-4-20(19)22(31)29-18-9-10-21(28-15-18)30-13-11-27-12-14-30/h5-10,15,27H,1-4,11-14H2,(H,29,31). The van der Waals surface area contributed by atoms with Gasteiger partial charge in [-0.15, -0.1) is 0 Å². The number of piperazine rings is 1. The molecule has 1 aliphatic heterocycles. The van der Waals surface area contributed by atoms with Crippen LogP contribution in [0.4, 0.5) is 24.7 Å².